The van der Waals surface area contributed by atoms with Gasteiger partial charge in [-0.2, -0.15) is 10.2 Å². The lowest BCUT2D eigenvalue weighted by Crippen LogP contribution is -2.35. The highest BCUT2D eigenvalue weighted by molar-refractivity contribution is 5.67. The van der Waals surface area contributed by atoms with E-state index in [4.69, 9.17) is 10.7 Å². The molecule has 1 unspecified atom stereocenters. The normalized spacial score (nSPS) is 15.6. The molecule has 34 heavy (non-hydrogen) atoms. The van der Waals surface area contributed by atoms with Gasteiger partial charge in [0.2, 0.25) is 0 Å². The van der Waals surface area contributed by atoms with Crippen molar-refractivity contribution >= 4 is 5.70 Å². The topological polar surface area (TPSA) is 109 Å². The van der Waals surface area contributed by atoms with Crippen molar-refractivity contribution in [2.24, 2.45) is 11.7 Å². The fourth-order valence-electron chi connectivity index (χ4n) is 4.00. The monoisotopic (exact) mass is 456 g/mol. The minimum Gasteiger partial charge on any atom is -0.384 e. The van der Waals surface area contributed by atoms with Gasteiger partial charge in [-0.1, -0.05) is 38.1 Å². The largest absolute Gasteiger partial charge is 0.384 e. The lowest BCUT2D eigenvalue weighted by Gasteiger charge is -2.34. The molecule has 0 fully saturated rings. The molecule has 1 aromatic carbocycles. The number of rotatable bonds is 6. The predicted molar refractivity (Wildman–Crippen MR) is 135 cm³/mol. The molecule has 0 radical (unpaired) electrons. The van der Waals surface area contributed by atoms with Crippen molar-refractivity contribution in [3.05, 3.63) is 95.2 Å². The zero-order valence-corrected chi connectivity index (χ0v) is 20.3. The lowest BCUT2D eigenvalue weighted by molar-refractivity contribution is 0.0729. The third-order valence-corrected chi connectivity index (χ3v) is 6.60. The van der Waals surface area contributed by atoms with E-state index in [1.54, 1.807) is 19.9 Å². The second kappa shape index (κ2) is 8.91. The minimum atomic E-state index is -1.02. The molecule has 1 aliphatic rings. The van der Waals surface area contributed by atoms with Crippen molar-refractivity contribution in [3.63, 3.8) is 0 Å². The van der Waals surface area contributed by atoms with Gasteiger partial charge in [-0.05, 0) is 74.2 Å². The molecule has 3 aromatic rings. The van der Waals surface area contributed by atoms with E-state index in [0.29, 0.717) is 17.4 Å². The van der Waals surface area contributed by atoms with Crippen LogP contribution in [-0.2, 0) is 11.0 Å². The van der Waals surface area contributed by atoms with Crippen LogP contribution in [0.1, 0.15) is 57.1 Å². The maximum absolute atomic E-state index is 10.1. The van der Waals surface area contributed by atoms with E-state index in [1.165, 1.54) is 5.56 Å². The molecule has 0 aliphatic carbocycles. The standard InChI is InChI=1S/C27H32N6O/c1-17(2)27(5,20-9-6-18(7-10-20)21-12-15-25(28)33-31-21)24-13-8-19(16-29-24)22-11-14-23(32-30-22)26(3,4)34/h6-17,31,33-34H,28H2,1-5H3. The Hall–Kier alpha value is -3.71. The molecule has 0 amide bonds. The SMILES string of the molecule is CC(C)C(C)(c1ccc(C2=CC=C(N)NN2)cc1)c1ccc(-c2ccc(C(C)(C)O)nn2)cn1. The first kappa shape index (κ1) is 23.4. The number of hydrazine groups is 1. The van der Waals surface area contributed by atoms with E-state index in [2.05, 4.69) is 72.2 Å². The van der Waals surface area contributed by atoms with Gasteiger partial charge in [0.25, 0.3) is 0 Å². The van der Waals surface area contributed by atoms with Crippen LogP contribution in [-0.4, -0.2) is 20.3 Å². The molecule has 0 saturated carbocycles. The summed E-state index contributed by atoms with van der Waals surface area (Å²) >= 11 is 0. The van der Waals surface area contributed by atoms with Crippen LogP contribution in [0.2, 0.25) is 0 Å². The Bertz CT molecular complexity index is 1210. The average Bonchev–Trinajstić information content (AvgIpc) is 2.84. The quantitative estimate of drug-likeness (QED) is 0.444. The minimum absolute atomic E-state index is 0.273. The summed E-state index contributed by atoms with van der Waals surface area (Å²) in [6.07, 6.45) is 5.64. The Labute approximate surface area is 200 Å². The Morgan fingerprint density at radius 2 is 1.50 bits per heavy atom. The summed E-state index contributed by atoms with van der Waals surface area (Å²) in [4.78, 5) is 4.84. The summed E-state index contributed by atoms with van der Waals surface area (Å²) in [5.41, 5.74) is 16.9. The van der Waals surface area contributed by atoms with E-state index < -0.39 is 5.60 Å². The molecule has 176 valence electrons. The molecular formula is C27H32N6O. The van der Waals surface area contributed by atoms with Crippen molar-refractivity contribution in [2.75, 3.05) is 0 Å². The van der Waals surface area contributed by atoms with Crippen LogP contribution in [0.5, 0.6) is 0 Å². The van der Waals surface area contributed by atoms with Crippen LogP contribution in [0, 0.1) is 5.92 Å². The van der Waals surface area contributed by atoms with Gasteiger partial charge in [-0.3, -0.25) is 15.8 Å². The number of allylic oxidation sites excluding steroid dienone is 2. The molecule has 0 saturated heterocycles. The fraction of sp³-hybridized carbons (Fsp3) is 0.296. The Morgan fingerprint density at radius 3 is 2.00 bits per heavy atom. The van der Waals surface area contributed by atoms with Gasteiger partial charge in [-0.25, -0.2) is 0 Å². The summed E-state index contributed by atoms with van der Waals surface area (Å²) in [6.45, 7) is 10.0. The predicted octanol–water partition coefficient (Wildman–Crippen LogP) is 3.98. The average molecular weight is 457 g/mol. The number of nitrogens with two attached hydrogens (primary N) is 1. The highest BCUT2D eigenvalue weighted by Gasteiger charge is 2.34. The zero-order valence-electron chi connectivity index (χ0n) is 20.3. The van der Waals surface area contributed by atoms with Gasteiger partial charge < -0.3 is 10.8 Å². The molecule has 2 aromatic heterocycles. The summed E-state index contributed by atoms with van der Waals surface area (Å²) in [6, 6.07) is 16.3. The van der Waals surface area contributed by atoms with Crippen molar-refractivity contribution in [2.45, 2.75) is 45.6 Å². The van der Waals surface area contributed by atoms with Crippen LogP contribution in [0.4, 0.5) is 0 Å². The summed E-state index contributed by atoms with van der Waals surface area (Å²) in [5, 5.41) is 18.6. The van der Waals surface area contributed by atoms with Crippen LogP contribution in [0.25, 0.3) is 17.0 Å². The Balaban J connectivity index is 1.62. The molecule has 1 atom stereocenters. The maximum Gasteiger partial charge on any atom is 0.115 e. The molecule has 7 heteroatoms. The van der Waals surface area contributed by atoms with Crippen LogP contribution in [0.15, 0.2) is 72.7 Å². The molecular weight excluding hydrogens is 424 g/mol. The van der Waals surface area contributed by atoms with Gasteiger partial charge in [0.1, 0.15) is 11.4 Å². The van der Waals surface area contributed by atoms with Crippen molar-refractivity contribution in [3.8, 4) is 11.3 Å². The third kappa shape index (κ3) is 4.52. The highest BCUT2D eigenvalue weighted by Crippen LogP contribution is 2.38. The second-order valence-corrected chi connectivity index (χ2v) is 9.68. The smallest absolute Gasteiger partial charge is 0.115 e. The van der Waals surface area contributed by atoms with Gasteiger partial charge in [-0.15, -0.1) is 0 Å². The highest BCUT2D eigenvalue weighted by atomic mass is 16.3. The van der Waals surface area contributed by atoms with Gasteiger partial charge in [0.15, 0.2) is 0 Å². The van der Waals surface area contributed by atoms with Gasteiger partial charge >= 0.3 is 0 Å². The molecule has 5 N–H and O–H groups in total. The first-order valence-corrected chi connectivity index (χ1v) is 11.4. The van der Waals surface area contributed by atoms with E-state index in [0.717, 1.165) is 28.2 Å². The third-order valence-electron chi connectivity index (χ3n) is 6.60. The van der Waals surface area contributed by atoms with E-state index in [-0.39, 0.29) is 5.41 Å². The number of pyridine rings is 1. The molecule has 0 spiro atoms. The van der Waals surface area contributed by atoms with Crippen molar-refractivity contribution in [1.82, 2.24) is 26.0 Å². The lowest BCUT2D eigenvalue weighted by atomic mass is 9.70. The number of hydrogen-bond donors (Lipinski definition) is 4. The maximum atomic E-state index is 10.1. The zero-order chi connectivity index (χ0) is 24.5. The van der Waals surface area contributed by atoms with Crippen molar-refractivity contribution in [1.29, 1.82) is 0 Å². The van der Waals surface area contributed by atoms with Crippen LogP contribution >= 0.6 is 0 Å². The van der Waals surface area contributed by atoms with Gasteiger partial charge in [0, 0.05) is 17.2 Å². The molecule has 1 aliphatic heterocycles. The summed E-state index contributed by atoms with van der Waals surface area (Å²) in [7, 11) is 0. The Kier molecular flexibility index (Phi) is 6.15. The number of aliphatic hydroxyl groups is 1. The van der Waals surface area contributed by atoms with Gasteiger partial charge in [0.05, 0.1) is 22.8 Å². The van der Waals surface area contributed by atoms with Crippen LogP contribution in [0.3, 0.4) is 0 Å². The number of aromatic nitrogens is 3. The van der Waals surface area contributed by atoms with Crippen molar-refractivity contribution < 1.29 is 5.11 Å². The van der Waals surface area contributed by atoms with E-state index >= 15 is 0 Å². The first-order chi connectivity index (χ1) is 16.1. The van der Waals surface area contributed by atoms with E-state index in [1.807, 2.05) is 30.5 Å². The summed E-state index contributed by atoms with van der Waals surface area (Å²) < 4.78 is 0. The fourth-order valence-corrected chi connectivity index (χ4v) is 4.00. The number of nitrogens with zero attached hydrogens (tertiary/aromatic N) is 3. The molecule has 0 bridgehead atoms. The summed E-state index contributed by atoms with van der Waals surface area (Å²) in [5.74, 6) is 0.903. The molecule has 3 heterocycles. The van der Waals surface area contributed by atoms with E-state index in [9.17, 15) is 5.11 Å². The molecule has 7 nitrogen and oxygen atoms in total. The Morgan fingerprint density at radius 1 is 0.824 bits per heavy atom. The number of nitrogens with one attached hydrogen (secondary N) is 2. The van der Waals surface area contributed by atoms with Crippen LogP contribution < -0.4 is 16.6 Å². The number of hydrogen-bond acceptors (Lipinski definition) is 7. The number of benzene rings is 1. The first-order valence-electron chi connectivity index (χ1n) is 11.4. The molecule has 4 rings (SSSR count). The second-order valence-electron chi connectivity index (χ2n) is 9.68.